The summed E-state index contributed by atoms with van der Waals surface area (Å²) < 4.78 is 5.86. The molecule has 0 radical (unpaired) electrons. The second-order valence-electron chi connectivity index (χ2n) is 13.5. The molecule has 1 atom stereocenters. The van der Waals surface area contributed by atoms with E-state index in [0.717, 1.165) is 57.8 Å². The summed E-state index contributed by atoms with van der Waals surface area (Å²) >= 11 is 0. The largest absolute Gasteiger partial charge is 0.481 e. The van der Waals surface area contributed by atoms with Gasteiger partial charge in [-0.05, 0) is 83.1 Å². The normalized spacial score (nSPS) is 12.7. The van der Waals surface area contributed by atoms with E-state index in [2.05, 4.69) is 62.5 Å². The first kappa shape index (κ1) is 44.9. The predicted octanol–water partition coefficient (Wildman–Crippen LogP) is 14.0. The minimum Gasteiger partial charge on any atom is -0.481 e. The SMILES string of the molecule is CCCCCC/C=C\C/C=C\C(CCCCCCC(=O)O)OC(=O)CCCCCCCCCCC/C=C\C/C=C\CCCCCCC. The quantitative estimate of drug-likeness (QED) is 0.0414. The molecule has 0 saturated heterocycles. The molecule has 0 bridgehead atoms. The van der Waals surface area contributed by atoms with E-state index < -0.39 is 5.97 Å². The lowest BCUT2D eigenvalue weighted by Gasteiger charge is -2.14. The lowest BCUT2D eigenvalue weighted by Crippen LogP contribution is -2.16. The Bertz CT molecular complexity index is 794. The van der Waals surface area contributed by atoms with Gasteiger partial charge in [-0.3, -0.25) is 9.59 Å². The summed E-state index contributed by atoms with van der Waals surface area (Å²) in [6, 6.07) is 0. The number of carbonyl (C=O) groups excluding carboxylic acids is 1. The third-order valence-corrected chi connectivity index (χ3v) is 8.76. The zero-order chi connectivity index (χ0) is 34.3. The monoisotopic (exact) mass is 657 g/mol. The molecule has 0 rings (SSSR count). The van der Waals surface area contributed by atoms with Crippen molar-refractivity contribution in [2.75, 3.05) is 0 Å². The average Bonchev–Trinajstić information content (AvgIpc) is 3.05. The Morgan fingerprint density at radius 3 is 1.40 bits per heavy atom. The van der Waals surface area contributed by atoms with Gasteiger partial charge in [0.15, 0.2) is 0 Å². The summed E-state index contributed by atoms with van der Waals surface area (Å²) in [6.45, 7) is 4.51. The van der Waals surface area contributed by atoms with Gasteiger partial charge in [-0.25, -0.2) is 0 Å². The van der Waals surface area contributed by atoms with E-state index in [4.69, 9.17) is 9.84 Å². The van der Waals surface area contributed by atoms with Gasteiger partial charge in [0.2, 0.25) is 0 Å². The third-order valence-electron chi connectivity index (χ3n) is 8.76. The first-order valence-corrected chi connectivity index (χ1v) is 20.1. The maximum Gasteiger partial charge on any atom is 0.306 e. The number of hydrogen-bond donors (Lipinski definition) is 1. The van der Waals surface area contributed by atoms with Crippen LogP contribution in [0.3, 0.4) is 0 Å². The zero-order valence-electron chi connectivity index (χ0n) is 31.1. The number of carboxylic acids is 1. The van der Waals surface area contributed by atoms with Gasteiger partial charge in [0.1, 0.15) is 6.10 Å². The molecule has 0 saturated carbocycles. The van der Waals surface area contributed by atoms with Crippen LogP contribution >= 0.6 is 0 Å². The van der Waals surface area contributed by atoms with Gasteiger partial charge in [-0.2, -0.15) is 0 Å². The maximum absolute atomic E-state index is 12.6. The van der Waals surface area contributed by atoms with Crippen molar-refractivity contribution in [2.45, 2.75) is 213 Å². The number of allylic oxidation sites excluding steroid dienone is 7. The Kier molecular flexibility index (Phi) is 36.6. The molecule has 0 fully saturated rings. The molecule has 0 spiro atoms. The lowest BCUT2D eigenvalue weighted by molar-refractivity contribution is -0.147. The highest BCUT2D eigenvalue weighted by molar-refractivity contribution is 5.69. The summed E-state index contributed by atoms with van der Waals surface area (Å²) in [6.07, 6.45) is 51.5. The minimum absolute atomic E-state index is 0.0835. The van der Waals surface area contributed by atoms with Gasteiger partial charge in [0, 0.05) is 12.8 Å². The van der Waals surface area contributed by atoms with Crippen molar-refractivity contribution in [2.24, 2.45) is 0 Å². The third kappa shape index (κ3) is 38.2. The van der Waals surface area contributed by atoms with Crippen LogP contribution in [0.25, 0.3) is 0 Å². The Hall–Kier alpha value is -2.10. The number of aliphatic carboxylic acids is 1. The highest BCUT2D eigenvalue weighted by Gasteiger charge is 2.11. The second-order valence-corrected chi connectivity index (χ2v) is 13.5. The van der Waals surface area contributed by atoms with Gasteiger partial charge in [0.25, 0.3) is 0 Å². The van der Waals surface area contributed by atoms with Crippen LogP contribution in [-0.4, -0.2) is 23.1 Å². The molecule has 1 unspecified atom stereocenters. The Morgan fingerprint density at radius 1 is 0.489 bits per heavy atom. The van der Waals surface area contributed by atoms with Crippen molar-refractivity contribution in [3.63, 3.8) is 0 Å². The first-order valence-electron chi connectivity index (χ1n) is 20.1. The van der Waals surface area contributed by atoms with E-state index in [-0.39, 0.29) is 18.5 Å². The van der Waals surface area contributed by atoms with Gasteiger partial charge in [-0.1, -0.05) is 159 Å². The fourth-order valence-electron chi connectivity index (χ4n) is 5.75. The van der Waals surface area contributed by atoms with E-state index in [0.29, 0.717) is 12.8 Å². The summed E-state index contributed by atoms with van der Waals surface area (Å²) in [5.74, 6) is -0.811. The summed E-state index contributed by atoms with van der Waals surface area (Å²) in [7, 11) is 0. The number of hydrogen-bond acceptors (Lipinski definition) is 3. The molecule has 47 heavy (non-hydrogen) atoms. The van der Waals surface area contributed by atoms with E-state index in [1.807, 2.05) is 0 Å². The molecule has 0 aromatic heterocycles. The molecule has 0 aliphatic rings. The highest BCUT2D eigenvalue weighted by atomic mass is 16.5. The Morgan fingerprint density at radius 2 is 0.894 bits per heavy atom. The number of carboxylic acid groups (broad SMARTS) is 1. The molecule has 4 heteroatoms. The predicted molar refractivity (Wildman–Crippen MR) is 204 cm³/mol. The van der Waals surface area contributed by atoms with Crippen LogP contribution in [0.2, 0.25) is 0 Å². The van der Waals surface area contributed by atoms with Crippen LogP contribution in [0, 0.1) is 0 Å². The molecular weight excluding hydrogens is 580 g/mol. The van der Waals surface area contributed by atoms with Crippen LogP contribution < -0.4 is 0 Å². The Labute approximate surface area is 292 Å². The van der Waals surface area contributed by atoms with E-state index in [1.54, 1.807) is 0 Å². The van der Waals surface area contributed by atoms with Gasteiger partial charge in [-0.15, -0.1) is 0 Å². The van der Waals surface area contributed by atoms with Gasteiger partial charge >= 0.3 is 11.9 Å². The molecular formula is C43H76O4. The summed E-state index contributed by atoms with van der Waals surface area (Å²) in [5, 5.41) is 8.83. The molecule has 0 heterocycles. The number of esters is 1. The van der Waals surface area contributed by atoms with Crippen molar-refractivity contribution < 1.29 is 19.4 Å². The van der Waals surface area contributed by atoms with Crippen molar-refractivity contribution in [3.8, 4) is 0 Å². The standard InChI is InChI=1S/C43H76O4/c1-3-5-7-9-11-13-14-15-16-17-18-19-20-21-22-23-24-26-28-30-36-40-43(46)47-41(38-34-31-32-35-39-42(44)45)37-33-29-27-25-12-10-8-6-4-2/h14-15,17-18,25,27,33,37,41H,3-13,16,19-24,26,28-32,34-36,38-40H2,1-2H3,(H,44,45)/b15-14-,18-17-,27-25-,37-33-. The number of ether oxygens (including phenoxy) is 1. The Balaban J connectivity index is 3.94. The molecule has 272 valence electrons. The number of unbranched alkanes of at least 4 members (excludes halogenated alkanes) is 21. The van der Waals surface area contributed by atoms with E-state index in [1.165, 1.54) is 116 Å². The molecule has 0 aromatic rings. The maximum atomic E-state index is 12.6. The molecule has 0 aliphatic heterocycles. The first-order chi connectivity index (χ1) is 23.1. The zero-order valence-corrected chi connectivity index (χ0v) is 31.1. The van der Waals surface area contributed by atoms with Crippen molar-refractivity contribution >= 4 is 11.9 Å². The highest BCUT2D eigenvalue weighted by Crippen LogP contribution is 2.15. The van der Waals surface area contributed by atoms with Crippen LogP contribution in [-0.2, 0) is 14.3 Å². The fourth-order valence-corrected chi connectivity index (χ4v) is 5.75. The topological polar surface area (TPSA) is 63.6 Å². The fraction of sp³-hybridized carbons (Fsp3) is 0.767. The second kappa shape index (κ2) is 38.3. The van der Waals surface area contributed by atoms with Crippen molar-refractivity contribution in [1.82, 2.24) is 0 Å². The van der Waals surface area contributed by atoms with Crippen molar-refractivity contribution in [3.05, 3.63) is 48.6 Å². The van der Waals surface area contributed by atoms with Crippen LogP contribution in [0.15, 0.2) is 48.6 Å². The molecule has 0 amide bonds. The summed E-state index contributed by atoms with van der Waals surface area (Å²) in [5.41, 5.74) is 0. The van der Waals surface area contributed by atoms with Gasteiger partial charge < -0.3 is 9.84 Å². The van der Waals surface area contributed by atoms with Crippen LogP contribution in [0.1, 0.15) is 206 Å². The molecule has 4 nitrogen and oxygen atoms in total. The molecule has 0 aromatic carbocycles. The van der Waals surface area contributed by atoms with E-state index >= 15 is 0 Å². The van der Waals surface area contributed by atoms with E-state index in [9.17, 15) is 9.59 Å². The van der Waals surface area contributed by atoms with Crippen molar-refractivity contribution in [1.29, 1.82) is 0 Å². The number of rotatable bonds is 36. The number of carbonyl (C=O) groups is 2. The van der Waals surface area contributed by atoms with Crippen LogP contribution in [0.4, 0.5) is 0 Å². The molecule has 1 N–H and O–H groups in total. The molecule has 0 aliphatic carbocycles. The smallest absolute Gasteiger partial charge is 0.306 e. The minimum atomic E-state index is -0.727. The lowest BCUT2D eigenvalue weighted by atomic mass is 10.1. The van der Waals surface area contributed by atoms with Gasteiger partial charge in [0.05, 0.1) is 0 Å². The average molecular weight is 657 g/mol. The van der Waals surface area contributed by atoms with Crippen LogP contribution in [0.5, 0.6) is 0 Å². The summed E-state index contributed by atoms with van der Waals surface area (Å²) in [4.78, 5) is 23.3.